The van der Waals surface area contributed by atoms with Crippen LogP contribution in [0.2, 0.25) is 0 Å². The molecule has 51 heavy (non-hydrogen) atoms. The standard InChI is InChI=1S/C48H31NOS/c1-3-12-32(13-4-1)33-22-24-34(25-23-33)36-14-11-15-37(30-36)35-26-28-39(29-27-35)49(38-16-5-2-6-17-38)43-31-42-40-18-7-9-20-44(40)50-47(42)46-41-19-8-10-21-45(41)51-48(43)46/h1-31H. The highest BCUT2D eigenvalue weighted by Crippen LogP contribution is 2.49. The van der Waals surface area contributed by atoms with E-state index < -0.39 is 0 Å². The number of para-hydroxylation sites is 2. The number of fused-ring (bicyclic) bond motifs is 7. The zero-order valence-corrected chi connectivity index (χ0v) is 28.5. The van der Waals surface area contributed by atoms with Gasteiger partial charge in [0.15, 0.2) is 0 Å². The molecular weight excluding hydrogens is 639 g/mol. The minimum Gasteiger partial charge on any atom is -0.455 e. The second kappa shape index (κ2) is 12.2. The van der Waals surface area contributed by atoms with Crippen LogP contribution in [0.5, 0.6) is 0 Å². The van der Waals surface area contributed by atoms with Crippen molar-refractivity contribution in [3.05, 3.63) is 188 Å². The molecule has 0 aliphatic heterocycles. The summed E-state index contributed by atoms with van der Waals surface area (Å²) >= 11 is 1.83. The maximum absolute atomic E-state index is 6.60. The van der Waals surface area contributed by atoms with Crippen LogP contribution in [0.25, 0.3) is 75.5 Å². The molecule has 2 heterocycles. The molecule has 8 aromatic carbocycles. The monoisotopic (exact) mass is 669 g/mol. The van der Waals surface area contributed by atoms with Crippen LogP contribution in [-0.4, -0.2) is 0 Å². The Labute approximate surface area is 300 Å². The third kappa shape index (κ3) is 5.10. The first kappa shape index (κ1) is 29.5. The summed E-state index contributed by atoms with van der Waals surface area (Å²) < 4.78 is 9.06. The normalized spacial score (nSPS) is 11.5. The SMILES string of the molecule is c1ccc(-c2ccc(-c3cccc(-c4ccc(N(c5ccccc5)c5cc6c7ccccc7oc6c6c5sc5ccccc56)cc4)c3)cc2)cc1. The fourth-order valence-electron chi connectivity index (χ4n) is 7.39. The Bertz CT molecular complexity index is 2830. The quantitative estimate of drug-likeness (QED) is 0.175. The topological polar surface area (TPSA) is 16.4 Å². The number of thiophene rings is 1. The molecule has 0 unspecified atom stereocenters. The van der Waals surface area contributed by atoms with Gasteiger partial charge >= 0.3 is 0 Å². The Morgan fingerprint density at radius 1 is 0.392 bits per heavy atom. The van der Waals surface area contributed by atoms with E-state index in [0.29, 0.717) is 0 Å². The van der Waals surface area contributed by atoms with Crippen LogP contribution in [0.4, 0.5) is 17.1 Å². The lowest BCUT2D eigenvalue weighted by Gasteiger charge is -2.26. The van der Waals surface area contributed by atoms with Crippen LogP contribution in [0.1, 0.15) is 0 Å². The summed E-state index contributed by atoms with van der Waals surface area (Å²) in [6.07, 6.45) is 0. The third-order valence-electron chi connectivity index (χ3n) is 9.87. The molecule has 0 atom stereocenters. The maximum Gasteiger partial charge on any atom is 0.144 e. The van der Waals surface area contributed by atoms with E-state index in [0.717, 1.165) is 39.0 Å². The summed E-state index contributed by atoms with van der Waals surface area (Å²) in [5, 5.41) is 4.65. The molecule has 0 amide bonds. The molecule has 240 valence electrons. The van der Waals surface area contributed by atoms with Gasteiger partial charge in [0, 0.05) is 37.6 Å². The zero-order chi connectivity index (χ0) is 33.7. The maximum atomic E-state index is 6.60. The highest BCUT2D eigenvalue weighted by atomic mass is 32.1. The molecule has 0 bridgehead atoms. The van der Waals surface area contributed by atoms with Gasteiger partial charge in [-0.2, -0.15) is 0 Å². The number of furan rings is 1. The highest BCUT2D eigenvalue weighted by Gasteiger charge is 2.23. The average Bonchev–Trinajstić information content (AvgIpc) is 3.78. The van der Waals surface area contributed by atoms with Crippen molar-refractivity contribution in [2.75, 3.05) is 4.90 Å². The van der Waals surface area contributed by atoms with Gasteiger partial charge in [-0.15, -0.1) is 11.3 Å². The number of hydrogen-bond donors (Lipinski definition) is 0. The minimum atomic E-state index is 0.909. The lowest BCUT2D eigenvalue weighted by Crippen LogP contribution is -2.10. The fourth-order valence-corrected chi connectivity index (χ4v) is 8.59. The molecule has 0 N–H and O–H groups in total. The largest absolute Gasteiger partial charge is 0.455 e. The van der Waals surface area contributed by atoms with E-state index in [9.17, 15) is 0 Å². The van der Waals surface area contributed by atoms with E-state index in [1.807, 2.05) is 17.4 Å². The van der Waals surface area contributed by atoms with Gasteiger partial charge in [0.05, 0.1) is 10.4 Å². The predicted molar refractivity (Wildman–Crippen MR) is 218 cm³/mol. The Hall–Kier alpha value is -6.42. The van der Waals surface area contributed by atoms with Crippen molar-refractivity contribution < 1.29 is 4.42 Å². The van der Waals surface area contributed by atoms with Gasteiger partial charge in [-0.25, -0.2) is 0 Å². The summed E-state index contributed by atoms with van der Waals surface area (Å²) in [4.78, 5) is 2.40. The van der Waals surface area contributed by atoms with Crippen LogP contribution < -0.4 is 4.90 Å². The van der Waals surface area contributed by atoms with Crippen LogP contribution in [0, 0.1) is 0 Å². The van der Waals surface area contributed by atoms with Crippen LogP contribution in [0.3, 0.4) is 0 Å². The van der Waals surface area contributed by atoms with Gasteiger partial charge < -0.3 is 9.32 Å². The molecular formula is C48H31NOS. The Morgan fingerprint density at radius 3 is 1.65 bits per heavy atom. The first-order valence-electron chi connectivity index (χ1n) is 17.3. The molecule has 0 saturated heterocycles. The summed E-state index contributed by atoms with van der Waals surface area (Å²) in [5.74, 6) is 0. The van der Waals surface area contributed by atoms with Gasteiger partial charge in [-0.05, 0) is 81.9 Å². The van der Waals surface area contributed by atoms with E-state index in [1.165, 1.54) is 53.6 Å². The van der Waals surface area contributed by atoms with Crippen molar-refractivity contribution in [2.24, 2.45) is 0 Å². The lowest BCUT2D eigenvalue weighted by atomic mass is 9.97. The minimum absolute atomic E-state index is 0.909. The predicted octanol–water partition coefficient (Wildman–Crippen LogP) is 14.4. The van der Waals surface area contributed by atoms with Gasteiger partial charge in [0.25, 0.3) is 0 Å². The number of rotatable bonds is 6. The van der Waals surface area contributed by atoms with Crippen molar-refractivity contribution in [1.29, 1.82) is 0 Å². The second-order valence-corrected chi connectivity index (χ2v) is 14.0. The highest BCUT2D eigenvalue weighted by molar-refractivity contribution is 7.26. The first-order chi connectivity index (χ1) is 25.3. The molecule has 3 heteroatoms. The van der Waals surface area contributed by atoms with Crippen molar-refractivity contribution in [1.82, 2.24) is 0 Å². The van der Waals surface area contributed by atoms with E-state index in [1.54, 1.807) is 0 Å². The van der Waals surface area contributed by atoms with Crippen LogP contribution in [0.15, 0.2) is 192 Å². The number of nitrogens with zero attached hydrogens (tertiary/aromatic N) is 1. The smallest absolute Gasteiger partial charge is 0.144 e. The van der Waals surface area contributed by atoms with Crippen molar-refractivity contribution in [2.45, 2.75) is 0 Å². The van der Waals surface area contributed by atoms with Gasteiger partial charge in [0.1, 0.15) is 11.2 Å². The van der Waals surface area contributed by atoms with Crippen molar-refractivity contribution in [3.8, 4) is 33.4 Å². The Morgan fingerprint density at radius 2 is 0.922 bits per heavy atom. The van der Waals surface area contributed by atoms with Gasteiger partial charge in [-0.3, -0.25) is 0 Å². The van der Waals surface area contributed by atoms with E-state index in [2.05, 4.69) is 187 Å². The van der Waals surface area contributed by atoms with Crippen LogP contribution in [-0.2, 0) is 0 Å². The zero-order valence-electron chi connectivity index (χ0n) is 27.7. The molecule has 0 saturated carbocycles. The summed E-state index contributed by atoms with van der Waals surface area (Å²) in [7, 11) is 0. The molecule has 2 aromatic heterocycles. The number of benzene rings is 8. The fraction of sp³-hybridized carbons (Fsp3) is 0. The third-order valence-corrected chi connectivity index (χ3v) is 11.1. The molecule has 2 nitrogen and oxygen atoms in total. The van der Waals surface area contributed by atoms with Gasteiger partial charge in [-0.1, -0.05) is 140 Å². The first-order valence-corrected chi connectivity index (χ1v) is 18.1. The van der Waals surface area contributed by atoms with Gasteiger partial charge in [0.2, 0.25) is 0 Å². The number of hydrogen-bond acceptors (Lipinski definition) is 3. The van der Waals surface area contributed by atoms with E-state index in [4.69, 9.17) is 4.42 Å². The molecule has 0 aliphatic carbocycles. The molecule has 0 aliphatic rings. The number of anilines is 3. The summed E-state index contributed by atoms with van der Waals surface area (Å²) in [6, 6.07) is 67.3. The van der Waals surface area contributed by atoms with Crippen molar-refractivity contribution in [3.63, 3.8) is 0 Å². The summed E-state index contributed by atoms with van der Waals surface area (Å²) in [5.41, 5.74) is 12.4. The van der Waals surface area contributed by atoms with Crippen molar-refractivity contribution >= 4 is 70.5 Å². The lowest BCUT2D eigenvalue weighted by molar-refractivity contribution is 0.673. The molecule has 10 aromatic rings. The van der Waals surface area contributed by atoms with Crippen LogP contribution >= 0.6 is 11.3 Å². The summed E-state index contributed by atoms with van der Waals surface area (Å²) in [6.45, 7) is 0. The van der Waals surface area contributed by atoms with E-state index in [-0.39, 0.29) is 0 Å². The molecule has 10 rings (SSSR count). The second-order valence-electron chi connectivity index (χ2n) is 12.9. The molecule has 0 fully saturated rings. The Kier molecular flexibility index (Phi) is 7.04. The molecule has 0 spiro atoms. The Balaban J connectivity index is 1.09. The van der Waals surface area contributed by atoms with E-state index >= 15 is 0 Å². The molecule has 0 radical (unpaired) electrons. The average molecular weight is 670 g/mol.